The summed E-state index contributed by atoms with van der Waals surface area (Å²) in [5.74, 6) is -2.62. The highest BCUT2D eigenvalue weighted by Crippen LogP contribution is 2.18. The third-order valence-electron chi connectivity index (χ3n) is 6.26. The number of hydrogen-bond donors (Lipinski definition) is 0. The maximum Gasteiger partial charge on any atom is 0.339 e. The van der Waals surface area contributed by atoms with Crippen LogP contribution in [0.25, 0.3) is 0 Å². The Morgan fingerprint density at radius 1 is 0.325 bits per heavy atom. The van der Waals surface area contributed by atoms with Crippen molar-refractivity contribution in [2.24, 2.45) is 0 Å². The second-order valence-electron chi connectivity index (χ2n) is 9.03. The quantitative estimate of drug-likeness (QED) is 0.217. The van der Waals surface area contributed by atoms with Crippen molar-refractivity contribution >= 4 is 23.9 Å². The van der Waals surface area contributed by atoms with Gasteiger partial charge >= 0.3 is 23.9 Å². The Bertz CT molecular complexity index is 1320. The van der Waals surface area contributed by atoms with Gasteiger partial charge in [-0.15, -0.1) is 0 Å². The van der Waals surface area contributed by atoms with Crippen LogP contribution in [0.3, 0.4) is 0 Å². The van der Waals surface area contributed by atoms with E-state index in [0.717, 1.165) is 0 Å². The van der Waals surface area contributed by atoms with E-state index in [-0.39, 0.29) is 48.7 Å². The molecule has 0 N–H and O–H groups in total. The van der Waals surface area contributed by atoms with Crippen LogP contribution in [-0.4, -0.2) is 23.9 Å². The Hall–Kier alpha value is -5.24. The second-order valence-corrected chi connectivity index (χ2v) is 9.03. The van der Waals surface area contributed by atoms with Crippen molar-refractivity contribution in [1.29, 1.82) is 0 Å². The van der Waals surface area contributed by atoms with Gasteiger partial charge in [0.2, 0.25) is 0 Å². The first-order valence-electron chi connectivity index (χ1n) is 12.5. The Balaban J connectivity index is 1.40. The van der Waals surface area contributed by atoms with Gasteiger partial charge in [-0.3, -0.25) is 0 Å². The number of hydrogen-bond acceptors (Lipinski definition) is 8. The van der Waals surface area contributed by atoms with E-state index in [1.165, 1.54) is 24.3 Å². The number of carbonyl (C=O) groups is 4. The highest BCUT2D eigenvalue weighted by atomic mass is 16.5. The molecule has 8 heteroatoms. The van der Waals surface area contributed by atoms with Gasteiger partial charge in [0.25, 0.3) is 0 Å². The molecule has 0 atom stereocenters. The van der Waals surface area contributed by atoms with Gasteiger partial charge in [0, 0.05) is 0 Å². The van der Waals surface area contributed by atoms with Crippen molar-refractivity contribution in [3.8, 4) is 0 Å². The lowest BCUT2D eigenvalue weighted by Crippen LogP contribution is -2.14. The first kappa shape index (κ1) is 26.4. The predicted octanol–water partition coefficient (Wildman–Crippen LogP) is 5.43. The fourth-order valence-corrected chi connectivity index (χ4v) is 4.05. The molecular weight excluding hydrogens is 512 g/mol. The molecule has 0 spiro atoms. The second kappa shape index (κ2) is 12.1. The zero-order valence-corrected chi connectivity index (χ0v) is 21.3. The van der Waals surface area contributed by atoms with E-state index in [9.17, 15) is 19.2 Å². The monoisotopic (exact) mass is 536 g/mol. The number of benzene rings is 4. The van der Waals surface area contributed by atoms with E-state index in [1.807, 2.05) is 0 Å². The molecule has 0 aromatic heterocycles. The zero-order chi connectivity index (χ0) is 27.9. The predicted molar refractivity (Wildman–Crippen MR) is 142 cm³/mol. The van der Waals surface area contributed by atoms with Gasteiger partial charge in [-0.1, -0.05) is 72.8 Å². The molecule has 40 heavy (non-hydrogen) atoms. The molecule has 0 amide bonds. The summed E-state index contributed by atoms with van der Waals surface area (Å²) in [6, 6.07) is 26.5. The van der Waals surface area contributed by atoms with Gasteiger partial charge in [-0.25, -0.2) is 19.2 Å². The first-order valence-corrected chi connectivity index (χ1v) is 12.5. The van der Waals surface area contributed by atoms with Gasteiger partial charge in [-0.05, 0) is 46.5 Å². The molecule has 4 heterocycles. The van der Waals surface area contributed by atoms with Crippen LogP contribution in [0.2, 0.25) is 0 Å². The van der Waals surface area contributed by atoms with Crippen LogP contribution >= 0.6 is 0 Å². The molecule has 4 aromatic carbocycles. The van der Waals surface area contributed by atoms with Crippen molar-refractivity contribution < 1.29 is 38.1 Å². The maximum absolute atomic E-state index is 12.8. The third-order valence-corrected chi connectivity index (χ3v) is 6.26. The largest absolute Gasteiger partial charge is 0.457 e. The molecule has 8 rings (SSSR count). The molecule has 0 radical (unpaired) electrons. The van der Waals surface area contributed by atoms with Gasteiger partial charge in [-0.2, -0.15) is 0 Å². The standard InChI is InChI=1S/C32H24O8/c33-29-25-5-1-2-6-26(25)30(34)38-18-22-13-15-24(16-14-22)20-40-32(36)28-8-4-3-7-27(28)31(35)39-19-23-11-9-21(10-12-23)17-37-29/h1-16H,17-20H2. The molecule has 0 fully saturated rings. The van der Waals surface area contributed by atoms with E-state index in [0.29, 0.717) is 22.3 Å². The zero-order valence-electron chi connectivity index (χ0n) is 21.3. The summed E-state index contributed by atoms with van der Waals surface area (Å²) in [5, 5.41) is 0. The van der Waals surface area contributed by atoms with E-state index < -0.39 is 23.9 Å². The van der Waals surface area contributed by atoms with Gasteiger partial charge in [0.1, 0.15) is 26.4 Å². The molecule has 4 aliphatic rings. The fourth-order valence-electron chi connectivity index (χ4n) is 4.05. The number of ether oxygens (including phenoxy) is 4. The molecule has 0 unspecified atom stereocenters. The lowest BCUT2D eigenvalue weighted by molar-refractivity contribution is 0.0421. The van der Waals surface area contributed by atoms with E-state index >= 15 is 0 Å². The summed E-state index contributed by atoms with van der Waals surface area (Å²) >= 11 is 0. The molecule has 4 bridgehead atoms. The van der Waals surface area contributed by atoms with Gasteiger partial charge < -0.3 is 18.9 Å². The number of rotatable bonds is 0. The van der Waals surface area contributed by atoms with Crippen molar-refractivity contribution in [2.75, 3.05) is 0 Å². The van der Waals surface area contributed by atoms with Crippen molar-refractivity contribution in [3.63, 3.8) is 0 Å². The molecule has 4 aliphatic heterocycles. The van der Waals surface area contributed by atoms with E-state index in [4.69, 9.17) is 18.9 Å². The van der Waals surface area contributed by atoms with Gasteiger partial charge in [0.15, 0.2) is 0 Å². The molecule has 0 saturated carbocycles. The summed E-state index contributed by atoms with van der Waals surface area (Å²) in [4.78, 5) is 51.2. The lowest BCUT2D eigenvalue weighted by atomic mass is 10.1. The summed E-state index contributed by atoms with van der Waals surface area (Å²) in [5.41, 5.74) is 3.21. The van der Waals surface area contributed by atoms with Crippen molar-refractivity contribution in [1.82, 2.24) is 0 Å². The van der Waals surface area contributed by atoms with E-state index in [1.54, 1.807) is 72.8 Å². The van der Waals surface area contributed by atoms with Crippen molar-refractivity contribution in [2.45, 2.75) is 26.4 Å². The van der Waals surface area contributed by atoms with Crippen molar-refractivity contribution in [3.05, 3.63) is 142 Å². The third kappa shape index (κ3) is 6.24. The highest BCUT2D eigenvalue weighted by molar-refractivity contribution is 6.03. The fraction of sp³-hybridized carbons (Fsp3) is 0.125. The topological polar surface area (TPSA) is 105 Å². The summed E-state index contributed by atoms with van der Waals surface area (Å²) in [6.45, 7) is -0.0948. The first-order chi connectivity index (χ1) is 19.5. The van der Waals surface area contributed by atoms with Crippen LogP contribution in [0.4, 0.5) is 0 Å². The Morgan fingerprint density at radius 3 is 0.725 bits per heavy atom. The summed E-state index contributed by atoms with van der Waals surface area (Å²) < 4.78 is 21.8. The molecular formula is C32H24O8. The smallest absolute Gasteiger partial charge is 0.339 e. The number of esters is 4. The molecule has 4 aromatic rings. The van der Waals surface area contributed by atoms with Gasteiger partial charge in [0.05, 0.1) is 22.3 Å². The minimum atomic E-state index is -0.655. The average molecular weight is 537 g/mol. The number of carbonyl (C=O) groups excluding carboxylic acids is 4. The SMILES string of the molecule is O=C1OCc2ccc(cc2)COC(=O)c2ccccc2C(=O)OCc2ccc(cc2)COC(=O)c2ccccc21. The van der Waals surface area contributed by atoms with E-state index in [2.05, 4.69) is 0 Å². The summed E-state index contributed by atoms with van der Waals surface area (Å²) in [7, 11) is 0. The summed E-state index contributed by atoms with van der Waals surface area (Å²) in [6.07, 6.45) is 0. The molecule has 8 nitrogen and oxygen atoms in total. The van der Waals surface area contributed by atoms with Crippen LogP contribution in [-0.2, 0) is 45.4 Å². The lowest BCUT2D eigenvalue weighted by Gasteiger charge is -2.12. The van der Waals surface area contributed by atoms with Crippen LogP contribution < -0.4 is 0 Å². The average Bonchev–Trinajstić information content (AvgIpc) is 3.00. The highest BCUT2D eigenvalue weighted by Gasteiger charge is 2.21. The van der Waals surface area contributed by atoms with Crippen LogP contribution in [0.5, 0.6) is 0 Å². The molecule has 0 saturated heterocycles. The van der Waals surface area contributed by atoms with Crippen LogP contribution in [0, 0.1) is 0 Å². The Morgan fingerprint density at radius 2 is 0.525 bits per heavy atom. The molecule has 200 valence electrons. The Labute approximate surface area is 230 Å². The minimum absolute atomic E-state index is 0.0237. The van der Waals surface area contributed by atoms with Crippen LogP contribution in [0.15, 0.2) is 97.1 Å². The van der Waals surface area contributed by atoms with Crippen LogP contribution in [0.1, 0.15) is 63.7 Å². The normalized spacial score (nSPS) is 14.6. The molecule has 0 aliphatic carbocycles. The minimum Gasteiger partial charge on any atom is -0.457 e. The Kier molecular flexibility index (Phi) is 7.97. The maximum atomic E-state index is 12.8.